The number of aryl methyl sites for hydroxylation is 1. The maximum Gasteiger partial charge on any atom is 0.307 e. The molecule has 0 amide bonds. The SMILES string of the molecule is Cc1cnc(CS(=O)(=O)CC(C)C(=O)O)c(C)c1[N+](=O)[O-]. The van der Waals surface area contributed by atoms with Gasteiger partial charge in [0.1, 0.15) is 0 Å². The molecule has 0 radical (unpaired) electrons. The van der Waals surface area contributed by atoms with Crippen LogP contribution in [-0.2, 0) is 20.4 Å². The number of hydrogen-bond acceptors (Lipinski definition) is 6. The highest BCUT2D eigenvalue weighted by Crippen LogP contribution is 2.25. The number of rotatable bonds is 6. The summed E-state index contributed by atoms with van der Waals surface area (Å²) >= 11 is 0. The highest BCUT2D eigenvalue weighted by atomic mass is 32.2. The second kappa shape index (κ2) is 6.17. The first kappa shape index (κ1) is 17.0. The summed E-state index contributed by atoms with van der Waals surface area (Å²) < 4.78 is 23.9. The topological polar surface area (TPSA) is 127 Å². The lowest BCUT2D eigenvalue weighted by Gasteiger charge is -2.10. The molecule has 8 nitrogen and oxygen atoms in total. The van der Waals surface area contributed by atoms with E-state index in [1.165, 1.54) is 27.0 Å². The first-order valence-electron chi connectivity index (χ1n) is 6.08. The van der Waals surface area contributed by atoms with Gasteiger partial charge in [-0.3, -0.25) is 19.9 Å². The molecule has 1 aromatic heterocycles. The van der Waals surface area contributed by atoms with Crippen molar-refractivity contribution in [3.8, 4) is 0 Å². The number of nitro groups is 1. The van der Waals surface area contributed by atoms with E-state index in [1.807, 2.05) is 0 Å². The van der Waals surface area contributed by atoms with Crippen molar-refractivity contribution >= 4 is 21.5 Å². The van der Waals surface area contributed by atoms with Gasteiger partial charge >= 0.3 is 5.97 Å². The van der Waals surface area contributed by atoms with Gasteiger partial charge in [-0.25, -0.2) is 8.42 Å². The predicted molar refractivity (Wildman–Crippen MR) is 74.7 cm³/mol. The zero-order valence-electron chi connectivity index (χ0n) is 11.9. The third-order valence-corrected chi connectivity index (χ3v) is 4.76. The summed E-state index contributed by atoms with van der Waals surface area (Å²) in [5.41, 5.74) is 0.440. The fraction of sp³-hybridized carbons (Fsp3) is 0.500. The van der Waals surface area contributed by atoms with E-state index in [0.29, 0.717) is 5.56 Å². The number of aliphatic carboxylic acids is 1. The standard InChI is InChI=1S/C12H16N2O6S/c1-7-4-13-10(9(3)11(7)14(17)18)6-21(19,20)5-8(2)12(15)16/h4,8H,5-6H2,1-3H3,(H,15,16). The Morgan fingerprint density at radius 1 is 1.48 bits per heavy atom. The quantitative estimate of drug-likeness (QED) is 0.617. The summed E-state index contributed by atoms with van der Waals surface area (Å²) in [4.78, 5) is 25.0. The minimum absolute atomic E-state index is 0.0740. The summed E-state index contributed by atoms with van der Waals surface area (Å²) in [6, 6.07) is 0. The molecular weight excluding hydrogens is 300 g/mol. The average Bonchev–Trinajstić information content (AvgIpc) is 2.31. The minimum Gasteiger partial charge on any atom is -0.481 e. The Labute approximate surface area is 121 Å². The molecule has 1 unspecified atom stereocenters. The van der Waals surface area contributed by atoms with Gasteiger partial charge in [0.25, 0.3) is 5.69 Å². The third kappa shape index (κ3) is 4.22. The number of aromatic nitrogens is 1. The van der Waals surface area contributed by atoms with Crippen LogP contribution in [0.1, 0.15) is 23.7 Å². The van der Waals surface area contributed by atoms with Gasteiger partial charge in [0.15, 0.2) is 9.84 Å². The molecule has 1 rings (SSSR count). The predicted octanol–water partition coefficient (Wildman–Crippen LogP) is 1.24. The summed E-state index contributed by atoms with van der Waals surface area (Å²) in [6.07, 6.45) is 1.25. The molecule has 0 aliphatic heterocycles. The largest absolute Gasteiger partial charge is 0.481 e. The van der Waals surface area contributed by atoms with Crippen LogP contribution >= 0.6 is 0 Å². The molecule has 0 spiro atoms. The number of pyridine rings is 1. The summed E-state index contributed by atoms with van der Waals surface area (Å²) in [7, 11) is -3.72. The molecule has 21 heavy (non-hydrogen) atoms. The Balaban J connectivity index is 3.12. The highest BCUT2D eigenvalue weighted by molar-refractivity contribution is 7.90. The van der Waals surface area contributed by atoms with Crippen LogP contribution in [0.5, 0.6) is 0 Å². The maximum absolute atomic E-state index is 12.0. The van der Waals surface area contributed by atoms with Crippen molar-refractivity contribution in [2.24, 2.45) is 5.92 Å². The average molecular weight is 316 g/mol. The van der Waals surface area contributed by atoms with Crippen LogP contribution in [0, 0.1) is 29.9 Å². The normalized spacial score (nSPS) is 12.9. The molecule has 9 heteroatoms. The first-order chi connectivity index (χ1) is 9.55. The fourth-order valence-corrected chi connectivity index (χ4v) is 3.64. The van der Waals surface area contributed by atoms with E-state index >= 15 is 0 Å². The minimum atomic E-state index is -3.72. The number of carbonyl (C=O) groups is 1. The lowest BCUT2D eigenvalue weighted by atomic mass is 10.1. The molecule has 0 bridgehead atoms. The summed E-state index contributed by atoms with van der Waals surface area (Å²) in [5, 5.41) is 19.7. The van der Waals surface area contributed by atoms with Gasteiger partial charge in [0, 0.05) is 17.3 Å². The molecule has 0 aliphatic rings. The molecule has 0 saturated heterocycles. The molecule has 0 fully saturated rings. The molecule has 1 heterocycles. The van der Waals surface area contributed by atoms with Crippen LogP contribution in [0.3, 0.4) is 0 Å². The Kier molecular flexibility index (Phi) is 5.00. The van der Waals surface area contributed by atoms with Crippen molar-refractivity contribution in [2.45, 2.75) is 26.5 Å². The lowest BCUT2D eigenvalue weighted by Crippen LogP contribution is -2.22. The van der Waals surface area contributed by atoms with Crippen LogP contribution in [0.15, 0.2) is 6.20 Å². The lowest BCUT2D eigenvalue weighted by molar-refractivity contribution is -0.386. The molecule has 0 aromatic carbocycles. The number of carboxylic acids is 1. The van der Waals surface area contributed by atoms with Gasteiger partial charge in [0.05, 0.1) is 28.0 Å². The van der Waals surface area contributed by atoms with E-state index in [-0.39, 0.29) is 16.9 Å². The van der Waals surface area contributed by atoms with Crippen LogP contribution in [0.25, 0.3) is 0 Å². The van der Waals surface area contributed by atoms with Crippen LogP contribution in [-0.4, -0.2) is 35.2 Å². The van der Waals surface area contributed by atoms with E-state index in [1.54, 1.807) is 0 Å². The van der Waals surface area contributed by atoms with Crippen LogP contribution in [0.2, 0.25) is 0 Å². The van der Waals surface area contributed by atoms with Crippen LogP contribution < -0.4 is 0 Å². The van der Waals surface area contributed by atoms with Crippen molar-refractivity contribution in [3.63, 3.8) is 0 Å². The maximum atomic E-state index is 12.0. The molecule has 116 valence electrons. The molecule has 0 saturated carbocycles. The molecule has 1 N–H and O–H groups in total. The second-order valence-electron chi connectivity index (χ2n) is 4.91. The van der Waals surface area contributed by atoms with Gasteiger partial charge in [-0.2, -0.15) is 0 Å². The Morgan fingerprint density at radius 3 is 2.52 bits per heavy atom. The number of nitrogens with zero attached hydrogens (tertiary/aromatic N) is 2. The highest BCUT2D eigenvalue weighted by Gasteiger charge is 2.25. The Morgan fingerprint density at radius 2 is 2.05 bits per heavy atom. The molecule has 0 aliphatic carbocycles. The zero-order valence-corrected chi connectivity index (χ0v) is 12.7. The van der Waals surface area contributed by atoms with Gasteiger partial charge in [-0.15, -0.1) is 0 Å². The summed E-state index contributed by atoms with van der Waals surface area (Å²) in [5.74, 6) is -3.31. The van der Waals surface area contributed by atoms with E-state index in [4.69, 9.17) is 5.11 Å². The molecule has 1 atom stereocenters. The van der Waals surface area contributed by atoms with E-state index in [0.717, 1.165) is 0 Å². The van der Waals surface area contributed by atoms with Crippen molar-refractivity contribution in [1.82, 2.24) is 4.98 Å². The van der Waals surface area contributed by atoms with Crippen molar-refractivity contribution in [1.29, 1.82) is 0 Å². The molecule has 1 aromatic rings. The fourth-order valence-electron chi connectivity index (χ4n) is 1.91. The third-order valence-electron chi connectivity index (χ3n) is 3.04. The Bertz CT molecular complexity index is 683. The van der Waals surface area contributed by atoms with Crippen molar-refractivity contribution in [3.05, 3.63) is 33.1 Å². The first-order valence-corrected chi connectivity index (χ1v) is 7.90. The summed E-state index contributed by atoms with van der Waals surface area (Å²) in [6.45, 7) is 4.24. The van der Waals surface area contributed by atoms with E-state index in [2.05, 4.69) is 4.98 Å². The number of sulfone groups is 1. The monoisotopic (exact) mass is 316 g/mol. The second-order valence-corrected chi connectivity index (χ2v) is 7.02. The van der Waals surface area contributed by atoms with E-state index in [9.17, 15) is 23.3 Å². The number of hydrogen-bond donors (Lipinski definition) is 1. The van der Waals surface area contributed by atoms with Gasteiger partial charge in [-0.05, 0) is 13.8 Å². The number of carboxylic acid groups (broad SMARTS) is 1. The van der Waals surface area contributed by atoms with Crippen molar-refractivity contribution < 1.29 is 23.2 Å². The zero-order chi connectivity index (χ0) is 16.4. The van der Waals surface area contributed by atoms with Gasteiger partial charge in [0.2, 0.25) is 0 Å². The van der Waals surface area contributed by atoms with Crippen molar-refractivity contribution in [2.75, 3.05) is 5.75 Å². The Hall–Kier alpha value is -2.03. The van der Waals surface area contributed by atoms with E-state index < -0.39 is 38.2 Å². The van der Waals surface area contributed by atoms with Crippen LogP contribution in [0.4, 0.5) is 5.69 Å². The molecular formula is C12H16N2O6S. The van der Waals surface area contributed by atoms with Gasteiger partial charge in [-0.1, -0.05) is 6.92 Å². The smallest absolute Gasteiger partial charge is 0.307 e. The van der Waals surface area contributed by atoms with Gasteiger partial charge < -0.3 is 5.11 Å².